The Morgan fingerprint density at radius 2 is 2.00 bits per heavy atom. The van der Waals surface area contributed by atoms with Gasteiger partial charge in [-0.05, 0) is 35.9 Å². The molecule has 0 unspecified atom stereocenters. The monoisotopic (exact) mass is 361 g/mol. The number of aliphatic imine (C=N–C) groups is 1. The minimum atomic E-state index is 0.481. The molecule has 0 aliphatic rings. The zero-order valence-corrected chi connectivity index (χ0v) is 15.6. The van der Waals surface area contributed by atoms with Gasteiger partial charge in [-0.15, -0.1) is 11.3 Å². The lowest BCUT2D eigenvalue weighted by atomic mass is 10.1. The molecule has 0 aliphatic heterocycles. The van der Waals surface area contributed by atoms with Gasteiger partial charge in [-0.2, -0.15) is 0 Å². The highest BCUT2D eigenvalue weighted by atomic mass is 32.1. The van der Waals surface area contributed by atoms with Crippen molar-refractivity contribution < 1.29 is 9.47 Å². The van der Waals surface area contributed by atoms with Crippen molar-refractivity contribution >= 4 is 17.3 Å². The van der Waals surface area contributed by atoms with E-state index < -0.39 is 0 Å². The zero-order valence-electron chi connectivity index (χ0n) is 14.7. The lowest BCUT2D eigenvalue weighted by Gasteiger charge is -2.07. The summed E-state index contributed by atoms with van der Waals surface area (Å²) >= 11 is 1.76. The molecule has 136 valence electrons. The number of hydrogen-bond donors (Lipinski definition) is 2. The summed E-state index contributed by atoms with van der Waals surface area (Å²) in [6.45, 7) is 5.88. The summed E-state index contributed by atoms with van der Waals surface area (Å²) in [4.78, 5) is 5.75. The summed E-state index contributed by atoms with van der Waals surface area (Å²) in [5.41, 5.74) is 8.18. The fourth-order valence-electron chi connectivity index (χ4n) is 2.27. The van der Waals surface area contributed by atoms with Crippen LogP contribution in [0.4, 0.5) is 0 Å². The van der Waals surface area contributed by atoms with Crippen molar-refractivity contribution in [1.82, 2.24) is 5.32 Å². The Hall–Kier alpha value is -1.89. The van der Waals surface area contributed by atoms with E-state index in [1.54, 1.807) is 11.3 Å². The Morgan fingerprint density at radius 3 is 2.80 bits per heavy atom. The highest BCUT2D eigenvalue weighted by molar-refractivity contribution is 7.09. The molecule has 1 aromatic carbocycles. The first-order valence-corrected chi connectivity index (χ1v) is 9.45. The number of thiophene rings is 1. The molecule has 3 N–H and O–H groups in total. The van der Waals surface area contributed by atoms with Crippen LogP contribution >= 0.6 is 11.3 Å². The average molecular weight is 362 g/mol. The summed E-state index contributed by atoms with van der Waals surface area (Å²) in [5.74, 6) is 0.481. The number of nitrogens with one attached hydrogen (secondary N) is 1. The topological polar surface area (TPSA) is 68.9 Å². The van der Waals surface area contributed by atoms with Crippen LogP contribution in [-0.2, 0) is 29.0 Å². The van der Waals surface area contributed by atoms with Crippen LogP contribution in [0.1, 0.15) is 22.9 Å². The van der Waals surface area contributed by atoms with E-state index in [1.165, 1.54) is 4.88 Å². The lowest BCUT2D eigenvalue weighted by molar-refractivity contribution is 0.0453. The predicted molar refractivity (Wildman–Crippen MR) is 104 cm³/mol. The van der Waals surface area contributed by atoms with Gasteiger partial charge in [-0.1, -0.05) is 30.3 Å². The Kier molecular flexibility index (Phi) is 9.04. The van der Waals surface area contributed by atoms with E-state index in [9.17, 15) is 0 Å². The summed E-state index contributed by atoms with van der Waals surface area (Å²) in [7, 11) is 0. The van der Waals surface area contributed by atoms with Crippen LogP contribution in [0.25, 0.3) is 0 Å². The van der Waals surface area contributed by atoms with E-state index in [1.807, 2.05) is 19.1 Å². The van der Waals surface area contributed by atoms with Crippen molar-refractivity contribution in [2.75, 3.05) is 26.4 Å². The minimum absolute atomic E-state index is 0.481. The quantitative estimate of drug-likeness (QED) is 0.367. The Labute approximate surface area is 153 Å². The number of guanidine groups is 1. The number of ether oxygens (including phenoxy) is 2. The molecular formula is C19H27N3O2S. The van der Waals surface area contributed by atoms with Crippen molar-refractivity contribution in [1.29, 1.82) is 0 Å². The highest BCUT2D eigenvalue weighted by Crippen LogP contribution is 2.09. The standard InChI is InChI=1S/C19H27N3O2S/c1-2-23-10-11-24-15-17-6-3-5-16(13-17)14-22-19(20)21-9-8-18-7-4-12-25-18/h3-7,12-13H,2,8-11,14-15H2,1H3,(H3,20,21,22). The minimum Gasteiger partial charge on any atom is -0.379 e. The van der Waals surface area contributed by atoms with Gasteiger partial charge in [-0.25, -0.2) is 4.99 Å². The van der Waals surface area contributed by atoms with Gasteiger partial charge < -0.3 is 20.5 Å². The van der Waals surface area contributed by atoms with Crippen molar-refractivity contribution in [3.8, 4) is 0 Å². The third-order valence-corrected chi connectivity index (χ3v) is 4.46. The largest absolute Gasteiger partial charge is 0.379 e. The second-order valence-corrected chi connectivity index (χ2v) is 6.56. The molecule has 2 rings (SSSR count). The molecular weight excluding hydrogens is 334 g/mol. The van der Waals surface area contributed by atoms with Crippen LogP contribution in [0.15, 0.2) is 46.8 Å². The third kappa shape index (κ3) is 8.16. The summed E-state index contributed by atoms with van der Waals surface area (Å²) in [5, 5.41) is 5.24. The number of rotatable bonds is 11. The van der Waals surface area contributed by atoms with E-state index >= 15 is 0 Å². The maximum atomic E-state index is 5.93. The van der Waals surface area contributed by atoms with Gasteiger partial charge in [0, 0.05) is 18.0 Å². The van der Waals surface area contributed by atoms with Gasteiger partial charge in [0.05, 0.1) is 26.4 Å². The van der Waals surface area contributed by atoms with E-state index in [-0.39, 0.29) is 0 Å². The van der Waals surface area contributed by atoms with Crippen LogP contribution in [0.3, 0.4) is 0 Å². The molecule has 2 aromatic rings. The summed E-state index contributed by atoms with van der Waals surface area (Å²) in [6.07, 6.45) is 0.961. The molecule has 25 heavy (non-hydrogen) atoms. The van der Waals surface area contributed by atoms with Gasteiger partial charge in [0.25, 0.3) is 0 Å². The Bertz CT molecular complexity index is 629. The normalized spacial score (nSPS) is 11.6. The maximum Gasteiger partial charge on any atom is 0.188 e. The van der Waals surface area contributed by atoms with Crippen molar-refractivity contribution in [3.63, 3.8) is 0 Å². The van der Waals surface area contributed by atoms with Crippen LogP contribution in [-0.4, -0.2) is 32.3 Å². The lowest BCUT2D eigenvalue weighted by Crippen LogP contribution is -2.33. The Morgan fingerprint density at radius 1 is 1.16 bits per heavy atom. The number of hydrogen-bond acceptors (Lipinski definition) is 4. The fourth-order valence-corrected chi connectivity index (χ4v) is 2.98. The van der Waals surface area contributed by atoms with Crippen LogP contribution in [0, 0.1) is 0 Å². The van der Waals surface area contributed by atoms with Gasteiger partial charge in [0.1, 0.15) is 0 Å². The molecule has 6 heteroatoms. The molecule has 0 fully saturated rings. The van der Waals surface area contributed by atoms with Gasteiger partial charge in [-0.3, -0.25) is 0 Å². The molecule has 0 bridgehead atoms. The zero-order chi connectivity index (χ0) is 17.7. The van der Waals surface area contributed by atoms with Crippen LogP contribution in [0.2, 0.25) is 0 Å². The van der Waals surface area contributed by atoms with Crippen molar-refractivity contribution in [2.45, 2.75) is 26.5 Å². The molecule has 1 heterocycles. The molecule has 0 amide bonds. The summed E-state index contributed by atoms with van der Waals surface area (Å²) in [6, 6.07) is 12.4. The number of nitrogens with zero attached hydrogens (tertiary/aromatic N) is 1. The van der Waals surface area contributed by atoms with Gasteiger partial charge in [0.2, 0.25) is 0 Å². The smallest absolute Gasteiger partial charge is 0.188 e. The number of benzene rings is 1. The van der Waals surface area contributed by atoms with Gasteiger partial charge in [0.15, 0.2) is 5.96 Å². The van der Waals surface area contributed by atoms with Gasteiger partial charge >= 0.3 is 0 Å². The predicted octanol–water partition coefficient (Wildman–Crippen LogP) is 2.95. The molecule has 0 spiro atoms. The average Bonchev–Trinajstić information content (AvgIpc) is 3.14. The second kappa shape index (κ2) is 11.6. The van der Waals surface area contributed by atoms with Crippen LogP contribution in [0.5, 0.6) is 0 Å². The molecule has 0 saturated carbocycles. The molecule has 0 aliphatic carbocycles. The number of nitrogens with two attached hydrogens (primary N) is 1. The first-order valence-electron chi connectivity index (χ1n) is 8.57. The molecule has 0 radical (unpaired) electrons. The molecule has 0 atom stereocenters. The third-order valence-electron chi connectivity index (χ3n) is 3.53. The Balaban J connectivity index is 1.70. The van der Waals surface area contributed by atoms with Crippen molar-refractivity contribution in [2.24, 2.45) is 10.7 Å². The highest BCUT2D eigenvalue weighted by Gasteiger charge is 1.99. The van der Waals surface area contributed by atoms with E-state index in [0.29, 0.717) is 32.3 Å². The summed E-state index contributed by atoms with van der Waals surface area (Å²) < 4.78 is 10.8. The van der Waals surface area contributed by atoms with Crippen molar-refractivity contribution in [3.05, 3.63) is 57.8 Å². The first-order chi connectivity index (χ1) is 12.3. The maximum absolute atomic E-state index is 5.93. The van der Waals surface area contributed by atoms with E-state index in [0.717, 1.165) is 30.7 Å². The fraction of sp³-hybridized carbons (Fsp3) is 0.421. The second-order valence-electron chi connectivity index (χ2n) is 5.53. The van der Waals surface area contributed by atoms with E-state index in [4.69, 9.17) is 15.2 Å². The molecule has 1 aromatic heterocycles. The SMILES string of the molecule is CCOCCOCc1cccc(CN=C(N)NCCc2cccs2)c1. The molecule has 0 saturated heterocycles. The van der Waals surface area contributed by atoms with Crippen LogP contribution < -0.4 is 11.1 Å². The van der Waals surface area contributed by atoms with E-state index in [2.05, 4.69) is 40.0 Å². The first kappa shape index (κ1) is 19.4. The molecule has 5 nitrogen and oxygen atoms in total.